The minimum absolute atomic E-state index is 0. The van der Waals surface area contributed by atoms with Crippen molar-refractivity contribution in [1.82, 2.24) is 9.97 Å². The summed E-state index contributed by atoms with van der Waals surface area (Å²) in [6.07, 6.45) is 8.56. The van der Waals surface area contributed by atoms with Crippen LogP contribution in [0.5, 0.6) is 0 Å². The highest BCUT2D eigenvalue weighted by Gasteiger charge is 2.10. The van der Waals surface area contributed by atoms with Crippen molar-refractivity contribution < 1.29 is 0 Å². The SMILES string of the molecule is I.NC(=NCCNc1cnccn1)Nc1ccc2c(c1)CCC2. The van der Waals surface area contributed by atoms with Crippen LogP contribution in [0.3, 0.4) is 0 Å². The van der Waals surface area contributed by atoms with Crippen LogP contribution in [0, 0.1) is 0 Å². The van der Waals surface area contributed by atoms with Crippen LogP contribution in [0.2, 0.25) is 0 Å². The Labute approximate surface area is 153 Å². The van der Waals surface area contributed by atoms with Crippen LogP contribution in [-0.2, 0) is 12.8 Å². The number of aliphatic imine (C=N–C) groups is 1. The van der Waals surface area contributed by atoms with Gasteiger partial charge in [0, 0.05) is 24.6 Å². The number of benzene rings is 1. The van der Waals surface area contributed by atoms with E-state index >= 15 is 0 Å². The first kappa shape index (κ1) is 17.5. The normalized spacial score (nSPS) is 13.1. The highest BCUT2D eigenvalue weighted by molar-refractivity contribution is 14.0. The number of anilines is 2. The Hall–Kier alpha value is -1.90. The molecule has 0 atom stereocenters. The highest BCUT2D eigenvalue weighted by atomic mass is 127. The maximum absolute atomic E-state index is 5.91. The van der Waals surface area contributed by atoms with E-state index in [1.54, 1.807) is 18.6 Å². The van der Waals surface area contributed by atoms with Gasteiger partial charge in [-0.05, 0) is 42.5 Å². The summed E-state index contributed by atoms with van der Waals surface area (Å²) >= 11 is 0. The molecule has 0 amide bonds. The van der Waals surface area contributed by atoms with Crippen molar-refractivity contribution in [2.24, 2.45) is 10.7 Å². The van der Waals surface area contributed by atoms with Crippen LogP contribution in [0.4, 0.5) is 11.5 Å². The number of nitrogens with two attached hydrogens (primary N) is 1. The Morgan fingerprint density at radius 2 is 2.09 bits per heavy atom. The molecule has 0 radical (unpaired) electrons. The summed E-state index contributed by atoms with van der Waals surface area (Å²) in [4.78, 5) is 12.4. The van der Waals surface area contributed by atoms with Crippen LogP contribution in [-0.4, -0.2) is 29.0 Å². The molecule has 0 spiro atoms. The average molecular weight is 424 g/mol. The number of guanidine groups is 1. The van der Waals surface area contributed by atoms with Gasteiger partial charge in [-0.15, -0.1) is 24.0 Å². The predicted molar refractivity (Wildman–Crippen MR) is 105 cm³/mol. The zero-order chi connectivity index (χ0) is 15.2. The molecule has 7 heteroatoms. The Morgan fingerprint density at radius 3 is 2.91 bits per heavy atom. The smallest absolute Gasteiger partial charge is 0.193 e. The number of rotatable bonds is 5. The zero-order valence-corrected chi connectivity index (χ0v) is 15.2. The quantitative estimate of drug-likeness (QED) is 0.297. The third-order valence-electron chi connectivity index (χ3n) is 3.63. The molecule has 0 unspecified atom stereocenters. The summed E-state index contributed by atoms with van der Waals surface area (Å²) in [5, 5.41) is 6.28. The third-order valence-corrected chi connectivity index (χ3v) is 3.63. The molecule has 4 N–H and O–H groups in total. The maximum Gasteiger partial charge on any atom is 0.193 e. The van der Waals surface area contributed by atoms with Crippen molar-refractivity contribution in [3.05, 3.63) is 47.9 Å². The van der Waals surface area contributed by atoms with Gasteiger partial charge in [-0.3, -0.25) is 9.98 Å². The first-order valence-electron chi connectivity index (χ1n) is 7.50. The monoisotopic (exact) mass is 424 g/mol. The van der Waals surface area contributed by atoms with Gasteiger partial charge < -0.3 is 16.4 Å². The molecule has 1 heterocycles. The highest BCUT2D eigenvalue weighted by Crippen LogP contribution is 2.24. The van der Waals surface area contributed by atoms with Crippen LogP contribution in [0.25, 0.3) is 0 Å². The Balaban J connectivity index is 0.00000192. The summed E-state index contributed by atoms with van der Waals surface area (Å²) in [7, 11) is 0. The average Bonchev–Trinajstić information content (AvgIpc) is 3.00. The molecule has 23 heavy (non-hydrogen) atoms. The van der Waals surface area contributed by atoms with Crippen LogP contribution < -0.4 is 16.4 Å². The van der Waals surface area contributed by atoms with Gasteiger partial charge >= 0.3 is 0 Å². The van der Waals surface area contributed by atoms with Crippen molar-refractivity contribution in [1.29, 1.82) is 0 Å². The first-order chi connectivity index (χ1) is 10.8. The molecule has 1 aromatic heterocycles. The topological polar surface area (TPSA) is 88.2 Å². The molecule has 6 nitrogen and oxygen atoms in total. The van der Waals surface area contributed by atoms with Gasteiger partial charge in [0.2, 0.25) is 0 Å². The molecular weight excluding hydrogens is 403 g/mol. The van der Waals surface area contributed by atoms with E-state index < -0.39 is 0 Å². The number of aryl methyl sites for hydroxylation is 2. The van der Waals surface area contributed by atoms with E-state index in [4.69, 9.17) is 5.73 Å². The fourth-order valence-electron chi connectivity index (χ4n) is 2.59. The zero-order valence-electron chi connectivity index (χ0n) is 12.8. The molecule has 0 saturated carbocycles. The summed E-state index contributed by atoms with van der Waals surface area (Å²) in [6.45, 7) is 1.23. The second-order valence-electron chi connectivity index (χ2n) is 5.25. The molecule has 1 aliphatic carbocycles. The number of nitrogens with zero attached hydrogens (tertiary/aromatic N) is 3. The van der Waals surface area contributed by atoms with Gasteiger partial charge in [-0.2, -0.15) is 0 Å². The second-order valence-corrected chi connectivity index (χ2v) is 5.25. The number of hydrogen-bond acceptors (Lipinski definition) is 4. The van der Waals surface area contributed by atoms with Gasteiger partial charge in [-0.25, -0.2) is 4.98 Å². The standard InChI is InChI=1S/C16H20N6.HI/c17-16(21-9-8-20-15-11-18-6-7-19-15)22-14-5-4-12-2-1-3-13(12)10-14;/h4-7,10-11H,1-3,8-9H2,(H,19,20)(H3,17,21,22);1H. The lowest BCUT2D eigenvalue weighted by Gasteiger charge is -2.08. The molecule has 3 rings (SSSR count). The van der Waals surface area contributed by atoms with Crippen LogP contribution in [0.15, 0.2) is 41.8 Å². The molecule has 0 saturated heterocycles. The summed E-state index contributed by atoms with van der Waals surface area (Å²) in [5.41, 5.74) is 9.79. The Morgan fingerprint density at radius 1 is 1.22 bits per heavy atom. The lowest BCUT2D eigenvalue weighted by atomic mass is 10.1. The van der Waals surface area contributed by atoms with E-state index in [0.717, 1.165) is 17.9 Å². The van der Waals surface area contributed by atoms with Crippen molar-refractivity contribution in [2.75, 3.05) is 23.7 Å². The minimum Gasteiger partial charge on any atom is -0.370 e. The van der Waals surface area contributed by atoms with Gasteiger partial charge in [0.25, 0.3) is 0 Å². The fraction of sp³-hybridized carbons (Fsp3) is 0.312. The number of aromatic nitrogens is 2. The van der Waals surface area contributed by atoms with E-state index in [9.17, 15) is 0 Å². The maximum atomic E-state index is 5.91. The molecular formula is C16H21IN6. The molecule has 0 fully saturated rings. The largest absolute Gasteiger partial charge is 0.370 e. The van der Waals surface area contributed by atoms with Crippen molar-refractivity contribution in [2.45, 2.75) is 19.3 Å². The number of halogens is 1. The van der Waals surface area contributed by atoms with E-state index in [2.05, 4.69) is 43.8 Å². The number of nitrogens with one attached hydrogen (secondary N) is 2. The van der Waals surface area contributed by atoms with E-state index in [-0.39, 0.29) is 24.0 Å². The summed E-state index contributed by atoms with van der Waals surface area (Å²) in [6, 6.07) is 6.40. The van der Waals surface area contributed by atoms with E-state index in [1.807, 2.05) is 0 Å². The molecule has 122 valence electrons. The molecule has 0 bridgehead atoms. The Bertz CT molecular complexity index is 659. The Kier molecular flexibility index (Phi) is 6.57. The van der Waals surface area contributed by atoms with Gasteiger partial charge in [0.15, 0.2) is 5.96 Å². The van der Waals surface area contributed by atoms with E-state index in [1.165, 1.54) is 24.0 Å². The van der Waals surface area contributed by atoms with Gasteiger partial charge in [0.1, 0.15) is 5.82 Å². The molecule has 2 aromatic rings. The third kappa shape index (κ3) is 5.05. The molecule has 1 aromatic carbocycles. The lowest BCUT2D eigenvalue weighted by molar-refractivity contribution is 0.912. The summed E-state index contributed by atoms with van der Waals surface area (Å²) in [5.74, 6) is 1.17. The lowest BCUT2D eigenvalue weighted by Crippen LogP contribution is -2.24. The summed E-state index contributed by atoms with van der Waals surface area (Å²) < 4.78 is 0. The van der Waals surface area contributed by atoms with Crippen molar-refractivity contribution in [3.63, 3.8) is 0 Å². The van der Waals surface area contributed by atoms with E-state index in [0.29, 0.717) is 19.0 Å². The first-order valence-corrected chi connectivity index (χ1v) is 7.50. The fourth-order valence-corrected chi connectivity index (χ4v) is 2.59. The number of fused-ring (bicyclic) bond motifs is 1. The van der Waals surface area contributed by atoms with Gasteiger partial charge in [0.05, 0.1) is 12.7 Å². The van der Waals surface area contributed by atoms with Crippen molar-refractivity contribution in [3.8, 4) is 0 Å². The molecule has 1 aliphatic rings. The van der Waals surface area contributed by atoms with Crippen molar-refractivity contribution >= 4 is 41.4 Å². The van der Waals surface area contributed by atoms with Crippen LogP contribution in [0.1, 0.15) is 17.5 Å². The second kappa shape index (κ2) is 8.66. The number of hydrogen-bond donors (Lipinski definition) is 3. The minimum atomic E-state index is 0. The predicted octanol–water partition coefficient (Wildman–Crippen LogP) is 2.42. The molecule has 0 aliphatic heterocycles. The van der Waals surface area contributed by atoms with Crippen LogP contribution >= 0.6 is 24.0 Å². The van der Waals surface area contributed by atoms with Gasteiger partial charge in [-0.1, -0.05) is 6.07 Å².